The first-order chi connectivity index (χ1) is 9.58. The Kier molecular flexibility index (Phi) is 4.53. The molecule has 1 heterocycles. The van der Waals surface area contributed by atoms with Crippen LogP contribution in [-0.4, -0.2) is 10.9 Å². The number of hydrogen-bond donors (Lipinski definition) is 2. The third kappa shape index (κ3) is 3.45. The Labute approximate surface area is 123 Å². The third-order valence-electron chi connectivity index (χ3n) is 3.06. The molecule has 1 aromatic carbocycles. The molecule has 2 N–H and O–H groups in total. The highest BCUT2D eigenvalue weighted by molar-refractivity contribution is 7.82. The molecule has 0 saturated carbocycles. The van der Waals surface area contributed by atoms with E-state index in [-0.39, 0.29) is 10.9 Å². The molecule has 0 fully saturated rings. The quantitative estimate of drug-likeness (QED) is 0.853. The van der Waals surface area contributed by atoms with Gasteiger partial charge in [0.1, 0.15) is 5.76 Å². The molecule has 4 nitrogen and oxygen atoms in total. The molecule has 0 unspecified atom stereocenters. The number of nitrogens with one attached hydrogen (secondary N) is 2. The van der Waals surface area contributed by atoms with Crippen LogP contribution in [0.2, 0.25) is 0 Å². The Balaban J connectivity index is 1.94. The minimum Gasteiger partial charge on any atom is -0.467 e. The van der Waals surface area contributed by atoms with Crippen LogP contribution in [-0.2, 0) is 11.3 Å². The summed E-state index contributed by atoms with van der Waals surface area (Å²) in [7, 11) is 0. The van der Waals surface area contributed by atoms with Crippen molar-refractivity contribution in [3.05, 3.63) is 53.5 Å². The molecule has 20 heavy (non-hydrogen) atoms. The average molecular weight is 288 g/mol. The van der Waals surface area contributed by atoms with Crippen molar-refractivity contribution in [3.63, 3.8) is 0 Å². The lowest BCUT2D eigenvalue weighted by atomic mass is 10.1. The number of carbonyl (C=O) groups is 1. The van der Waals surface area contributed by atoms with E-state index >= 15 is 0 Å². The number of aryl methyl sites for hydroxylation is 1. The molecule has 0 bridgehead atoms. The van der Waals surface area contributed by atoms with Crippen molar-refractivity contribution < 1.29 is 9.21 Å². The fraction of sp³-hybridized carbons (Fsp3) is 0.200. The smallest absolute Gasteiger partial charge is 0.283 e. The Morgan fingerprint density at radius 1 is 1.25 bits per heavy atom. The van der Waals surface area contributed by atoms with Crippen LogP contribution >= 0.6 is 12.2 Å². The fourth-order valence-electron chi connectivity index (χ4n) is 1.73. The zero-order valence-corrected chi connectivity index (χ0v) is 12.2. The van der Waals surface area contributed by atoms with Gasteiger partial charge in [-0.2, -0.15) is 0 Å². The average Bonchev–Trinajstić information content (AvgIpc) is 2.94. The van der Waals surface area contributed by atoms with Gasteiger partial charge in [-0.3, -0.25) is 4.79 Å². The van der Waals surface area contributed by atoms with E-state index in [0.29, 0.717) is 6.54 Å². The Morgan fingerprint density at radius 3 is 2.75 bits per heavy atom. The predicted molar refractivity (Wildman–Crippen MR) is 82.7 cm³/mol. The topological polar surface area (TPSA) is 54.3 Å². The summed E-state index contributed by atoms with van der Waals surface area (Å²) in [6, 6.07) is 9.36. The maximum absolute atomic E-state index is 12.0. The number of thiocarbonyl (C=S) groups is 1. The summed E-state index contributed by atoms with van der Waals surface area (Å²) in [4.78, 5) is 12.1. The zero-order chi connectivity index (χ0) is 14.5. The van der Waals surface area contributed by atoms with E-state index in [1.165, 1.54) is 0 Å². The lowest BCUT2D eigenvalue weighted by Gasteiger charge is -2.11. The van der Waals surface area contributed by atoms with Crippen LogP contribution in [0.4, 0.5) is 5.69 Å². The Bertz CT molecular complexity index is 621. The van der Waals surface area contributed by atoms with Gasteiger partial charge in [0.15, 0.2) is 4.99 Å². The van der Waals surface area contributed by atoms with E-state index in [4.69, 9.17) is 16.6 Å². The van der Waals surface area contributed by atoms with Crippen molar-refractivity contribution in [2.24, 2.45) is 0 Å². The predicted octanol–water partition coefficient (Wildman–Crippen LogP) is 2.95. The first kappa shape index (κ1) is 14.3. The van der Waals surface area contributed by atoms with Crippen LogP contribution in [0, 0.1) is 13.8 Å². The van der Waals surface area contributed by atoms with Crippen molar-refractivity contribution in [2.45, 2.75) is 20.4 Å². The number of hydrogen-bond acceptors (Lipinski definition) is 3. The highest BCUT2D eigenvalue weighted by atomic mass is 32.1. The van der Waals surface area contributed by atoms with E-state index < -0.39 is 0 Å². The minimum atomic E-state index is -0.319. The summed E-state index contributed by atoms with van der Waals surface area (Å²) in [5.74, 6) is 0.409. The van der Waals surface area contributed by atoms with Gasteiger partial charge < -0.3 is 15.1 Å². The zero-order valence-electron chi connectivity index (χ0n) is 11.4. The molecular weight excluding hydrogens is 272 g/mol. The number of anilines is 1. The van der Waals surface area contributed by atoms with E-state index in [0.717, 1.165) is 22.6 Å². The Morgan fingerprint density at radius 2 is 2.05 bits per heavy atom. The summed E-state index contributed by atoms with van der Waals surface area (Å²) in [5, 5.41) is 5.67. The summed E-state index contributed by atoms with van der Waals surface area (Å²) in [6.07, 6.45) is 1.58. The van der Waals surface area contributed by atoms with Crippen LogP contribution < -0.4 is 10.6 Å². The minimum absolute atomic E-state index is 0.141. The van der Waals surface area contributed by atoms with Crippen LogP contribution in [0.3, 0.4) is 0 Å². The van der Waals surface area contributed by atoms with Crippen LogP contribution in [0.1, 0.15) is 16.9 Å². The van der Waals surface area contributed by atoms with Crippen LogP contribution in [0.25, 0.3) is 0 Å². The summed E-state index contributed by atoms with van der Waals surface area (Å²) in [6.45, 7) is 4.36. The molecule has 0 atom stereocenters. The monoisotopic (exact) mass is 288 g/mol. The maximum Gasteiger partial charge on any atom is 0.283 e. The summed E-state index contributed by atoms with van der Waals surface area (Å²) in [5.41, 5.74) is 2.93. The van der Waals surface area contributed by atoms with Gasteiger partial charge in [0.05, 0.1) is 12.8 Å². The second kappa shape index (κ2) is 6.34. The molecule has 0 aliphatic rings. The van der Waals surface area contributed by atoms with Gasteiger partial charge >= 0.3 is 0 Å². The van der Waals surface area contributed by atoms with Gasteiger partial charge in [0.2, 0.25) is 0 Å². The van der Waals surface area contributed by atoms with E-state index in [2.05, 4.69) is 10.6 Å². The standard InChI is InChI=1S/C15H16N2O2S/c1-10-5-3-7-13(11(10)2)17-14(18)15(20)16-9-12-6-4-8-19-12/h3-8H,9H2,1-2H3,(H,16,20)(H,17,18). The van der Waals surface area contributed by atoms with Crippen molar-refractivity contribution in [1.82, 2.24) is 5.32 Å². The second-order valence-corrected chi connectivity index (χ2v) is 4.87. The SMILES string of the molecule is Cc1cccc(NC(=O)C(=S)NCc2ccco2)c1C. The van der Waals surface area contributed by atoms with Gasteiger partial charge in [0, 0.05) is 5.69 Å². The fourth-order valence-corrected chi connectivity index (χ4v) is 1.85. The molecule has 0 aliphatic carbocycles. The molecule has 0 radical (unpaired) electrons. The van der Waals surface area contributed by atoms with Gasteiger partial charge in [0.25, 0.3) is 5.91 Å². The van der Waals surface area contributed by atoms with E-state index in [9.17, 15) is 4.79 Å². The molecule has 0 saturated heterocycles. The molecule has 2 aromatic rings. The lowest BCUT2D eigenvalue weighted by molar-refractivity contribution is -0.110. The van der Waals surface area contributed by atoms with Gasteiger partial charge in [-0.05, 0) is 43.2 Å². The molecule has 0 aliphatic heterocycles. The first-order valence-electron chi connectivity index (χ1n) is 6.25. The molecule has 1 aromatic heterocycles. The van der Waals surface area contributed by atoms with Gasteiger partial charge in [-0.1, -0.05) is 24.4 Å². The van der Waals surface area contributed by atoms with Crippen molar-refractivity contribution >= 4 is 28.8 Å². The molecule has 2 rings (SSSR count). The van der Waals surface area contributed by atoms with E-state index in [1.807, 2.05) is 38.1 Å². The number of amides is 1. The number of furan rings is 1. The van der Waals surface area contributed by atoms with Crippen LogP contribution in [0.15, 0.2) is 41.0 Å². The molecule has 0 spiro atoms. The number of benzene rings is 1. The second-order valence-electron chi connectivity index (χ2n) is 4.46. The highest BCUT2D eigenvalue weighted by Gasteiger charge is 2.11. The van der Waals surface area contributed by atoms with Crippen molar-refractivity contribution in [1.29, 1.82) is 0 Å². The highest BCUT2D eigenvalue weighted by Crippen LogP contribution is 2.17. The Hall–Kier alpha value is -2.14. The third-order valence-corrected chi connectivity index (χ3v) is 3.39. The van der Waals surface area contributed by atoms with Crippen molar-refractivity contribution in [3.8, 4) is 0 Å². The molecule has 1 amide bonds. The normalized spacial score (nSPS) is 10.1. The van der Waals surface area contributed by atoms with Crippen LogP contribution in [0.5, 0.6) is 0 Å². The maximum atomic E-state index is 12.0. The number of carbonyl (C=O) groups excluding carboxylic acids is 1. The van der Waals surface area contributed by atoms with Crippen molar-refractivity contribution in [2.75, 3.05) is 5.32 Å². The van der Waals surface area contributed by atoms with Gasteiger partial charge in [-0.15, -0.1) is 0 Å². The summed E-state index contributed by atoms with van der Waals surface area (Å²) >= 11 is 5.06. The number of rotatable bonds is 3. The largest absolute Gasteiger partial charge is 0.467 e. The first-order valence-corrected chi connectivity index (χ1v) is 6.66. The molecule has 5 heteroatoms. The lowest BCUT2D eigenvalue weighted by Crippen LogP contribution is -2.33. The van der Waals surface area contributed by atoms with E-state index in [1.54, 1.807) is 12.3 Å². The van der Waals surface area contributed by atoms with Gasteiger partial charge in [-0.25, -0.2) is 0 Å². The summed E-state index contributed by atoms with van der Waals surface area (Å²) < 4.78 is 5.16. The molecular formula is C15H16N2O2S. The molecule has 104 valence electrons.